The summed E-state index contributed by atoms with van der Waals surface area (Å²) in [6.07, 6.45) is 12.0. The zero-order valence-electron chi connectivity index (χ0n) is 20.0. The molecule has 2 saturated heterocycles. The number of unbranched alkanes of at least 4 members (excludes halogenated alkanes) is 1. The predicted molar refractivity (Wildman–Crippen MR) is 124 cm³/mol. The van der Waals surface area contributed by atoms with Gasteiger partial charge in [0.2, 0.25) is 0 Å². The molecule has 0 aromatic carbocycles. The van der Waals surface area contributed by atoms with Crippen LogP contribution in [0.1, 0.15) is 67.2 Å². The highest BCUT2D eigenvalue weighted by molar-refractivity contribution is 6.01. The molecule has 1 unspecified atom stereocenters. The number of nitrogens with one attached hydrogen (secondary N) is 1. The Morgan fingerprint density at radius 2 is 1.94 bits per heavy atom. The van der Waals surface area contributed by atoms with Gasteiger partial charge in [-0.3, -0.25) is 9.79 Å². The number of hydrogen-bond donors (Lipinski definition) is 1. The first kappa shape index (κ1) is 25.3. The second-order valence-corrected chi connectivity index (χ2v) is 8.77. The second kappa shape index (κ2) is 11.1. The van der Waals surface area contributed by atoms with Crippen LogP contribution in [-0.4, -0.2) is 54.9 Å². The summed E-state index contributed by atoms with van der Waals surface area (Å²) in [6, 6.07) is -0.133. The van der Waals surface area contributed by atoms with Gasteiger partial charge >= 0.3 is 0 Å². The van der Waals surface area contributed by atoms with Crippen LogP contribution in [0.25, 0.3) is 0 Å². The van der Waals surface area contributed by atoms with E-state index in [4.69, 9.17) is 20.6 Å². The number of carbonyl (C=O) groups excluding carboxylic acids is 1. The summed E-state index contributed by atoms with van der Waals surface area (Å²) in [5.41, 5.74) is 3.41. The van der Waals surface area contributed by atoms with Crippen molar-refractivity contribution in [2.45, 2.75) is 103 Å². The molecule has 2 aliphatic rings. The van der Waals surface area contributed by atoms with Gasteiger partial charge < -0.3 is 19.5 Å². The van der Waals surface area contributed by atoms with Crippen molar-refractivity contribution in [3.63, 3.8) is 0 Å². The third-order valence-electron chi connectivity index (χ3n) is 5.76. The first-order chi connectivity index (χ1) is 14.6. The molecule has 2 heterocycles. The van der Waals surface area contributed by atoms with E-state index >= 15 is 0 Å². The third kappa shape index (κ3) is 6.52. The molecule has 0 radical (unpaired) electrons. The molecule has 0 bridgehead atoms. The summed E-state index contributed by atoms with van der Waals surface area (Å²) >= 11 is 0. The molecule has 0 saturated carbocycles. The Hall–Kier alpha value is -1.94. The van der Waals surface area contributed by atoms with Gasteiger partial charge in [0.15, 0.2) is 11.9 Å². The van der Waals surface area contributed by atoms with E-state index in [0.29, 0.717) is 0 Å². The van der Waals surface area contributed by atoms with Gasteiger partial charge in [0.05, 0.1) is 6.10 Å². The van der Waals surface area contributed by atoms with E-state index in [-0.39, 0.29) is 30.3 Å². The first-order valence-corrected chi connectivity index (χ1v) is 11.2. The van der Waals surface area contributed by atoms with Crippen LogP contribution >= 0.6 is 0 Å². The first-order valence-electron chi connectivity index (χ1n) is 11.2. The molecule has 2 fully saturated rings. The van der Waals surface area contributed by atoms with Crippen molar-refractivity contribution in [3.8, 4) is 12.3 Å². The number of rotatable bonds is 9. The minimum absolute atomic E-state index is 0.133. The largest absolute Gasteiger partial charge is 0.359 e. The maximum Gasteiger partial charge on any atom is 0.251 e. The highest BCUT2D eigenvalue weighted by Gasteiger charge is 2.56. The molecule has 0 aromatic rings. The van der Waals surface area contributed by atoms with E-state index in [2.05, 4.69) is 29.2 Å². The lowest BCUT2D eigenvalue weighted by atomic mass is 9.97. The number of aliphatic imine (C=N–C) groups is 1. The summed E-state index contributed by atoms with van der Waals surface area (Å²) in [7, 11) is 1.61. The van der Waals surface area contributed by atoms with Crippen LogP contribution in [0.4, 0.5) is 0 Å². The summed E-state index contributed by atoms with van der Waals surface area (Å²) in [4.78, 5) is 16.8. The highest BCUT2D eigenvalue weighted by atomic mass is 16.8. The van der Waals surface area contributed by atoms with Crippen molar-refractivity contribution < 1.29 is 19.0 Å². The number of terminal acetylenes is 1. The van der Waals surface area contributed by atoms with E-state index in [1.54, 1.807) is 7.05 Å². The molecular weight excluding hydrogens is 392 g/mol. The summed E-state index contributed by atoms with van der Waals surface area (Å²) in [6.45, 7) is 11.8. The maximum atomic E-state index is 12.2. The van der Waals surface area contributed by atoms with Gasteiger partial charge in [-0.25, -0.2) is 0 Å². The van der Waals surface area contributed by atoms with E-state index in [1.165, 1.54) is 5.57 Å². The number of hydrogen-bond acceptors (Lipinski definition) is 5. The van der Waals surface area contributed by atoms with Gasteiger partial charge in [0.1, 0.15) is 18.2 Å². The molecule has 31 heavy (non-hydrogen) atoms. The zero-order chi connectivity index (χ0) is 23.2. The Balaban J connectivity index is 1.97. The van der Waals surface area contributed by atoms with Gasteiger partial charge in [0, 0.05) is 12.8 Å². The van der Waals surface area contributed by atoms with Crippen molar-refractivity contribution in [2.75, 3.05) is 7.05 Å². The minimum Gasteiger partial charge on any atom is -0.359 e. The van der Waals surface area contributed by atoms with Crippen LogP contribution in [0.2, 0.25) is 0 Å². The van der Waals surface area contributed by atoms with Crippen LogP contribution in [0, 0.1) is 12.3 Å². The van der Waals surface area contributed by atoms with Crippen LogP contribution < -0.4 is 5.32 Å². The molecule has 0 aliphatic carbocycles. The predicted octanol–water partition coefficient (Wildman–Crippen LogP) is 3.96. The van der Waals surface area contributed by atoms with Crippen molar-refractivity contribution >= 4 is 11.6 Å². The molecule has 0 aromatic heterocycles. The van der Waals surface area contributed by atoms with E-state index in [9.17, 15) is 4.79 Å². The Labute approximate surface area is 187 Å². The van der Waals surface area contributed by atoms with Gasteiger partial charge in [-0.15, -0.1) is 6.42 Å². The van der Waals surface area contributed by atoms with Gasteiger partial charge in [0.25, 0.3) is 5.91 Å². The van der Waals surface area contributed by atoms with Gasteiger partial charge in [-0.2, -0.15) is 0 Å². The number of fused-ring (bicyclic) bond motifs is 1. The SMILES string of the molecule is C#CC(C)/N=C(/C)C(/C=C\C)=C(C)CCCC[C@@H]1O[C@H](C(=O)NC)[C@H]2OC(C)(C)O[C@H]21. The number of likely N-dealkylation sites (N-methyl/N-ethyl adjacent to an activating group) is 1. The number of ether oxygens (including phenoxy) is 3. The summed E-state index contributed by atoms with van der Waals surface area (Å²) < 4.78 is 18.1. The topological polar surface area (TPSA) is 69.2 Å². The molecule has 2 rings (SSSR count). The Bertz CT molecular complexity index is 775. The van der Waals surface area contributed by atoms with E-state index in [0.717, 1.165) is 37.0 Å². The van der Waals surface area contributed by atoms with E-state index < -0.39 is 11.9 Å². The monoisotopic (exact) mass is 430 g/mol. The quantitative estimate of drug-likeness (QED) is 0.260. The lowest BCUT2D eigenvalue weighted by molar-refractivity contribution is -0.189. The van der Waals surface area contributed by atoms with Crippen molar-refractivity contribution in [1.82, 2.24) is 5.32 Å². The van der Waals surface area contributed by atoms with Gasteiger partial charge in [-0.05, 0) is 66.4 Å². The molecular formula is C25H38N2O4. The molecule has 2 aliphatic heterocycles. The zero-order valence-corrected chi connectivity index (χ0v) is 20.0. The van der Waals surface area contributed by atoms with Crippen molar-refractivity contribution in [3.05, 3.63) is 23.3 Å². The lowest BCUT2D eigenvalue weighted by Crippen LogP contribution is -2.41. The van der Waals surface area contributed by atoms with Crippen LogP contribution in [-0.2, 0) is 19.0 Å². The van der Waals surface area contributed by atoms with Crippen LogP contribution in [0.15, 0.2) is 28.3 Å². The fourth-order valence-corrected chi connectivity index (χ4v) is 4.27. The number of carbonyl (C=O) groups is 1. The molecule has 172 valence electrons. The molecule has 5 atom stereocenters. The van der Waals surface area contributed by atoms with Crippen molar-refractivity contribution in [1.29, 1.82) is 0 Å². The summed E-state index contributed by atoms with van der Waals surface area (Å²) in [5.74, 6) is 1.80. The Morgan fingerprint density at radius 3 is 2.55 bits per heavy atom. The average molecular weight is 431 g/mol. The normalized spacial score (nSPS) is 29.4. The second-order valence-electron chi connectivity index (χ2n) is 8.77. The molecule has 1 amide bonds. The smallest absolute Gasteiger partial charge is 0.251 e. The molecule has 6 heteroatoms. The molecule has 0 spiro atoms. The number of allylic oxidation sites excluding steroid dienone is 4. The average Bonchev–Trinajstić information content (AvgIpc) is 3.21. The highest BCUT2D eigenvalue weighted by Crippen LogP contribution is 2.40. The Morgan fingerprint density at radius 1 is 1.26 bits per heavy atom. The minimum atomic E-state index is -0.698. The molecule has 1 N–H and O–H groups in total. The third-order valence-corrected chi connectivity index (χ3v) is 5.76. The molecule has 6 nitrogen and oxygen atoms in total. The standard InChI is InChI=1S/C25H38N2O4/c1-9-13-19(18(5)27-17(4)10-2)16(3)14-11-12-15-20-21-22(31-25(6,7)30-21)23(29-20)24(28)26-8/h2,9,13,17,20-23H,11-12,14-15H2,1,3-8H3,(H,26,28)/b13-9-,19-16?,27-18-/t17?,20-,21-,22-,23-/m0/s1. The van der Waals surface area contributed by atoms with Gasteiger partial charge in [-0.1, -0.05) is 30.1 Å². The summed E-state index contributed by atoms with van der Waals surface area (Å²) in [5, 5.41) is 2.67. The lowest BCUT2D eigenvalue weighted by Gasteiger charge is -2.23. The van der Waals surface area contributed by atoms with E-state index in [1.807, 2.05) is 40.7 Å². The van der Waals surface area contributed by atoms with Crippen LogP contribution in [0.3, 0.4) is 0 Å². The Kier molecular flexibility index (Phi) is 9.05. The maximum absolute atomic E-state index is 12.2. The fourth-order valence-electron chi connectivity index (χ4n) is 4.27. The number of nitrogens with zero attached hydrogens (tertiary/aromatic N) is 1. The van der Waals surface area contributed by atoms with Crippen LogP contribution in [0.5, 0.6) is 0 Å². The van der Waals surface area contributed by atoms with Crippen molar-refractivity contribution in [2.24, 2.45) is 4.99 Å². The number of amides is 1. The fraction of sp³-hybridized carbons (Fsp3) is 0.680.